The van der Waals surface area contributed by atoms with E-state index in [4.69, 9.17) is 4.74 Å². The quantitative estimate of drug-likeness (QED) is 0.898. The number of carbonyl (C=O) groups is 1. The van der Waals surface area contributed by atoms with E-state index in [1.807, 2.05) is 4.90 Å². The number of hydrogen-bond acceptors (Lipinski definition) is 3. The molecule has 1 aliphatic heterocycles. The minimum Gasteiger partial charge on any atom is -0.370 e. The van der Waals surface area contributed by atoms with E-state index in [0.29, 0.717) is 26.2 Å². The molecular weight excluding hydrogens is 271 g/mol. The van der Waals surface area contributed by atoms with E-state index in [1.165, 1.54) is 25.0 Å². The summed E-state index contributed by atoms with van der Waals surface area (Å²) in [7, 11) is 0. The van der Waals surface area contributed by atoms with E-state index in [9.17, 15) is 9.18 Å². The molecule has 114 valence electrons. The predicted octanol–water partition coefficient (Wildman–Crippen LogP) is 1.73. The topological polar surface area (TPSA) is 41.6 Å². The molecule has 0 spiro atoms. The molecule has 1 heterocycles. The molecule has 1 saturated carbocycles. The zero-order valence-corrected chi connectivity index (χ0v) is 12.1. The lowest BCUT2D eigenvalue weighted by Gasteiger charge is -2.33. The summed E-state index contributed by atoms with van der Waals surface area (Å²) in [4.78, 5) is 14.0. The molecule has 5 heteroatoms. The fourth-order valence-electron chi connectivity index (χ4n) is 2.57. The van der Waals surface area contributed by atoms with Crippen molar-refractivity contribution in [3.8, 4) is 0 Å². The molecule has 1 atom stereocenters. The maximum absolute atomic E-state index is 13.0. The molecule has 1 unspecified atom stereocenters. The number of morpholine rings is 1. The Kier molecular flexibility index (Phi) is 4.51. The Balaban J connectivity index is 1.51. The largest absolute Gasteiger partial charge is 0.370 e. The third-order valence-electron chi connectivity index (χ3n) is 4.07. The van der Waals surface area contributed by atoms with Crippen molar-refractivity contribution in [1.29, 1.82) is 0 Å². The van der Waals surface area contributed by atoms with Gasteiger partial charge >= 0.3 is 0 Å². The number of rotatable bonds is 5. The highest BCUT2D eigenvalue weighted by molar-refractivity contribution is 5.78. The Labute approximate surface area is 124 Å². The summed E-state index contributed by atoms with van der Waals surface area (Å²) in [5.41, 5.74) is 0.917. The molecule has 1 aromatic rings. The van der Waals surface area contributed by atoms with Crippen molar-refractivity contribution < 1.29 is 13.9 Å². The van der Waals surface area contributed by atoms with Crippen molar-refractivity contribution in [2.45, 2.75) is 18.9 Å². The van der Waals surface area contributed by atoms with E-state index >= 15 is 0 Å². The minimum atomic E-state index is -0.258. The standard InChI is InChI=1S/C16H21FN2O2/c17-14-5-3-13(4-6-14)15-11-19(7-8-21-15)16(20)10-18-9-12-1-2-12/h3-6,12,15,18H,1-2,7-11H2. The van der Waals surface area contributed by atoms with Gasteiger partial charge in [0.2, 0.25) is 5.91 Å². The van der Waals surface area contributed by atoms with Gasteiger partial charge in [-0.3, -0.25) is 4.79 Å². The normalized spacial score (nSPS) is 22.3. The molecule has 1 aromatic carbocycles. The molecule has 1 saturated heterocycles. The predicted molar refractivity (Wildman–Crippen MR) is 77.3 cm³/mol. The van der Waals surface area contributed by atoms with Gasteiger partial charge in [0.15, 0.2) is 0 Å². The second-order valence-corrected chi connectivity index (χ2v) is 5.83. The summed E-state index contributed by atoms with van der Waals surface area (Å²) in [6.45, 7) is 3.03. The van der Waals surface area contributed by atoms with Gasteiger partial charge in [-0.15, -0.1) is 0 Å². The summed E-state index contributed by atoms with van der Waals surface area (Å²) < 4.78 is 18.7. The summed E-state index contributed by atoms with van der Waals surface area (Å²) in [5, 5.41) is 3.22. The van der Waals surface area contributed by atoms with E-state index in [2.05, 4.69) is 5.32 Å². The third kappa shape index (κ3) is 4.02. The monoisotopic (exact) mass is 292 g/mol. The van der Waals surface area contributed by atoms with Gasteiger partial charge in [-0.1, -0.05) is 12.1 Å². The Morgan fingerprint density at radius 1 is 1.33 bits per heavy atom. The van der Waals surface area contributed by atoms with E-state index in [0.717, 1.165) is 18.0 Å². The first kappa shape index (κ1) is 14.5. The first-order valence-corrected chi connectivity index (χ1v) is 7.58. The molecule has 21 heavy (non-hydrogen) atoms. The second kappa shape index (κ2) is 6.54. The SMILES string of the molecule is O=C(CNCC1CC1)N1CCOC(c2ccc(F)cc2)C1. The van der Waals surface area contributed by atoms with Crippen molar-refractivity contribution >= 4 is 5.91 Å². The zero-order valence-electron chi connectivity index (χ0n) is 12.1. The molecule has 3 rings (SSSR count). The van der Waals surface area contributed by atoms with Crippen LogP contribution in [0.15, 0.2) is 24.3 Å². The average Bonchev–Trinajstić information content (AvgIpc) is 3.32. The van der Waals surface area contributed by atoms with Crippen molar-refractivity contribution in [3.63, 3.8) is 0 Å². The summed E-state index contributed by atoms with van der Waals surface area (Å²) in [6.07, 6.45) is 2.41. The van der Waals surface area contributed by atoms with Crippen molar-refractivity contribution in [2.75, 3.05) is 32.8 Å². The lowest BCUT2D eigenvalue weighted by atomic mass is 10.1. The number of ether oxygens (including phenoxy) is 1. The Hall–Kier alpha value is -1.46. The summed E-state index contributed by atoms with van der Waals surface area (Å²) in [5.74, 6) is 0.632. The first-order chi connectivity index (χ1) is 10.2. The highest BCUT2D eigenvalue weighted by Crippen LogP contribution is 2.27. The number of hydrogen-bond donors (Lipinski definition) is 1. The highest BCUT2D eigenvalue weighted by atomic mass is 19.1. The fourth-order valence-corrected chi connectivity index (χ4v) is 2.57. The van der Waals surface area contributed by atoms with Gasteiger partial charge in [0.1, 0.15) is 11.9 Å². The molecule has 2 aliphatic rings. The van der Waals surface area contributed by atoms with Crippen LogP contribution in [-0.4, -0.2) is 43.6 Å². The highest BCUT2D eigenvalue weighted by Gasteiger charge is 2.26. The molecule has 0 aromatic heterocycles. The number of benzene rings is 1. The van der Waals surface area contributed by atoms with Crippen molar-refractivity contribution in [3.05, 3.63) is 35.6 Å². The van der Waals surface area contributed by atoms with Crippen LogP contribution in [0.5, 0.6) is 0 Å². The zero-order chi connectivity index (χ0) is 14.7. The van der Waals surface area contributed by atoms with Crippen LogP contribution in [-0.2, 0) is 9.53 Å². The first-order valence-electron chi connectivity index (χ1n) is 7.58. The lowest BCUT2D eigenvalue weighted by molar-refractivity contribution is -0.138. The van der Waals surface area contributed by atoms with Crippen molar-refractivity contribution in [1.82, 2.24) is 10.2 Å². The van der Waals surface area contributed by atoms with Gasteiger partial charge in [0.25, 0.3) is 0 Å². The number of halogens is 1. The summed E-state index contributed by atoms with van der Waals surface area (Å²) >= 11 is 0. The van der Waals surface area contributed by atoms with Gasteiger partial charge in [0.05, 0.1) is 19.7 Å². The van der Waals surface area contributed by atoms with Crippen LogP contribution in [0.3, 0.4) is 0 Å². The van der Waals surface area contributed by atoms with Crippen LogP contribution < -0.4 is 5.32 Å². The van der Waals surface area contributed by atoms with Crippen LogP contribution >= 0.6 is 0 Å². The van der Waals surface area contributed by atoms with Crippen LogP contribution in [0.4, 0.5) is 4.39 Å². The number of amides is 1. The van der Waals surface area contributed by atoms with Crippen LogP contribution in [0.2, 0.25) is 0 Å². The van der Waals surface area contributed by atoms with Gasteiger partial charge in [0, 0.05) is 6.54 Å². The molecule has 0 bridgehead atoms. The van der Waals surface area contributed by atoms with E-state index in [1.54, 1.807) is 12.1 Å². The number of carbonyl (C=O) groups excluding carboxylic acids is 1. The minimum absolute atomic E-state index is 0.117. The van der Waals surface area contributed by atoms with Gasteiger partial charge < -0.3 is 15.0 Å². The molecule has 1 N–H and O–H groups in total. The smallest absolute Gasteiger partial charge is 0.236 e. The fraction of sp³-hybridized carbons (Fsp3) is 0.562. The molecule has 0 radical (unpaired) electrons. The molecule has 4 nitrogen and oxygen atoms in total. The Bertz CT molecular complexity index is 488. The molecule has 1 amide bonds. The van der Waals surface area contributed by atoms with Gasteiger partial charge in [-0.2, -0.15) is 0 Å². The van der Waals surface area contributed by atoms with Gasteiger partial charge in [-0.05, 0) is 43.0 Å². The lowest BCUT2D eigenvalue weighted by Crippen LogP contribution is -2.46. The Morgan fingerprint density at radius 3 is 2.81 bits per heavy atom. The van der Waals surface area contributed by atoms with Gasteiger partial charge in [-0.25, -0.2) is 4.39 Å². The van der Waals surface area contributed by atoms with E-state index in [-0.39, 0.29) is 17.8 Å². The Morgan fingerprint density at radius 2 is 2.10 bits per heavy atom. The van der Waals surface area contributed by atoms with Crippen LogP contribution in [0.25, 0.3) is 0 Å². The second-order valence-electron chi connectivity index (χ2n) is 5.83. The maximum Gasteiger partial charge on any atom is 0.236 e. The van der Waals surface area contributed by atoms with Crippen LogP contribution in [0.1, 0.15) is 24.5 Å². The van der Waals surface area contributed by atoms with E-state index < -0.39 is 0 Å². The van der Waals surface area contributed by atoms with Crippen molar-refractivity contribution in [2.24, 2.45) is 5.92 Å². The maximum atomic E-state index is 13.0. The number of nitrogens with zero attached hydrogens (tertiary/aromatic N) is 1. The van der Waals surface area contributed by atoms with Crippen LogP contribution in [0, 0.1) is 11.7 Å². The average molecular weight is 292 g/mol. The molecule has 2 fully saturated rings. The molecular formula is C16H21FN2O2. The third-order valence-corrected chi connectivity index (χ3v) is 4.07. The number of nitrogens with one attached hydrogen (secondary N) is 1. The summed E-state index contributed by atoms with van der Waals surface area (Å²) in [6, 6.07) is 6.30. The molecule has 1 aliphatic carbocycles.